The number of hydrogen-bond acceptors (Lipinski definition) is 2. The molecule has 0 fully saturated rings. The maximum atomic E-state index is 10.4. The molecule has 0 bridgehead atoms. The highest BCUT2D eigenvalue weighted by molar-refractivity contribution is 5.89. The van der Waals surface area contributed by atoms with E-state index in [1.807, 2.05) is 78.9 Å². The van der Waals surface area contributed by atoms with Crippen LogP contribution in [-0.4, -0.2) is 11.3 Å². The summed E-state index contributed by atoms with van der Waals surface area (Å²) in [7, 11) is 0. The summed E-state index contributed by atoms with van der Waals surface area (Å²) >= 11 is 0. The van der Waals surface area contributed by atoms with Gasteiger partial charge < -0.3 is 5.11 Å². The lowest BCUT2D eigenvalue weighted by molar-refractivity contribution is 0.476. The second-order valence-corrected chi connectivity index (χ2v) is 4.70. The molecule has 0 heterocycles. The van der Waals surface area contributed by atoms with Crippen LogP contribution >= 0.6 is 0 Å². The van der Waals surface area contributed by atoms with Gasteiger partial charge in [-0.2, -0.15) is 0 Å². The van der Waals surface area contributed by atoms with Gasteiger partial charge in [0.05, 0.1) is 5.69 Å². The number of benzene rings is 3. The summed E-state index contributed by atoms with van der Waals surface area (Å²) in [5.74, 6) is 0.253. The van der Waals surface area contributed by atoms with E-state index in [0.717, 1.165) is 16.8 Å². The van der Waals surface area contributed by atoms with Gasteiger partial charge in [-0.25, -0.2) is 0 Å². The van der Waals surface area contributed by atoms with Crippen molar-refractivity contribution in [2.75, 3.05) is 0 Å². The summed E-state index contributed by atoms with van der Waals surface area (Å²) < 4.78 is 0. The topological polar surface area (TPSA) is 32.6 Å². The normalized spacial score (nSPS) is 10.9. The van der Waals surface area contributed by atoms with Gasteiger partial charge in [-0.15, -0.1) is 0 Å². The van der Waals surface area contributed by atoms with Crippen molar-refractivity contribution in [2.24, 2.45) is 4.99 Å². The van der Waals surface area contributed by atoms with Gasteiger partial charge in [0.25, 0.3) is 0 Å². The summed E-state index contributed by atoms with van der Waals surface area (Å²) in [6.45, 7) is 0. The first-order chi connectivity index (χ1) is 10.3. The molecule has 0 aromatic heterocycles. The molecule has 102 valence electrons. The highest BCUT2D eigenvalue weighted by Crippen LogP contribution is 2.31. The summed E-state index contributed by atoms with van der Waals surface area (Å²) in [5.41, 5.74) is 3.37. The fourth-order valence-electron chi connectivity index (χ4n) is 2.17. The van der Waals surface area contributed by atoms with Gasteiger partial charge in [0.15, 0.2) is 0 Å². The molecule has 0 saturated heterocycles. The fourth-order valence-corrected chi connectivity index (χ4v) is 2.17. The van der Waals surface area contributed by atoms with Crippen LogP contribution in [0, 0.1) is 0 Å². The van der Waals surface area contributed by atoms with Crippen LogP contribution < -0.4 is 0 Å². The van der Waals surface area contributed by atoms with E-state index in [1.54, 1.807) is 6.21 Å². The molecule has 2 nitrogen and oxygen atoms in total. The Balaban J connectivity index is 1.96. The predicted molar refractivity (Wildman–Crippen MR) is 87.2 cm³/mol. The van der Waals surface area contributed by atoms with Crippen molar-refractivity contribution in [3.05, 3.63) is 84.4 Å². The van der Waals surface area contributed by atoms with Gasteiger partial charge in [0, 0.05) is 17.3 Å². The summed E-state index contributed by atoms with van der Waals surface area (Å²) in [5, 5.41) is 10.4. The van der Waals surface area contributed by atoms with Gasteiger partial charge >= 0.3 is 0 Å². The van der Waals surface area contributed by atoms with E-state index in [2.05, 4.69) is 4.99 Å². The molecule has 3 aromatic carbocycles. The van der Waals surface area contributed by atoms with Gasteiger partial charge in [-0.3, -0.25) is 4.99 Å². The second-order valence-electron chi connectivity index (χ2n) is 4.70. The zero-order valence-electron chi connectivity index (χ0n) is 11.5. The molecule has 0 aliphatic heterocycles. The van der Waals surface area contributed by atoms with E-state index in [9.17, 15) is 5.11 Å². The number of nitrogens with zero attached hydrogens (tertiary/aromatic N) is 1. The van der Waals surface area contributed by atoms with Crippen molar-refractivity contribution in [1.29, 1.82) is 0 Å². The fraction of sp³-hybridized carbons (Fsp3) is 0. The summed E-state index contributed by atoms with van der Waals surface area (Å²) in [6, 6.07) is 25.2. The maximum absolute atomic E-state index is 10.4. The molecule has 0 spiro atoms. The lowest BCUT2D eigenvalue weighted by Crippen LogP contribution is -1.86. The van der Waals surface area contributed by atoms with E-state index in [-0.39, 0.29) is 5.75 Å². The molecule has 21 heavy (non-hydrogen) atoms. The zero-order chi connectivity index (χ0) is 14.5. The van der Waals surface area contributed by atoms with Crippen molar-refractivity contribution in [3.63, 3.8) is 0 Å². The minimum atomic E-state index is 0.253. The average Bonchev–Trinajstić information content (AvgIpc) is 2.56. The monoisotopic (exact) mass is 273 g/mol. The Bertz CT molecular complexity index is 749. The van der Waals surface area contributed by atoms with Crippen molar-refractivity contribution in [3.8, 4) is 16.9 Å². The molecule has 1 N–H and O–H groups in total. The third-order valence-electron chi connectivity index (χ3n) is 3.26. The van der Waals surface area contributed by atoms with E-state index in [0.29, 0.717) is 5.56 Å². The van der Waals surface area contributed by atoms with Crippen LogP contribution in [0.15, 0.2) is 83.9 Å². The Morgan fingerprint density at radius 2 is 1.38 bits per heavy atom. The third kappa shape index (κ3) is 3.00. The zero-order valence-corrected chi connectivity index (χ0v) is 11.5. The molecule has 0 unspecified atom stereocenters. The molecule has 2 heteroatoms. The van der Waals surface area contributed by atoms with E-state index < -0.39 is 0 Å². The summed E-state index contributed by atoms with van der Waals surface area (Å²) in [4.78, 5) is 4.39. The second kappa shape index (κ2) is 6.06. The maximum Gasteiger partial charge on any atom is 0.132 e. The lowest BCUT2D eigenvalue weighted by atomic mass is 10.0. The van der Waals surface area contributed by atoms with Crippen LogP contribution in [0.2, 0.25) is 0 Å². The number of para-hydroxylation sites is 2. The molecule has 0 radical (unpaired) electrons. The quantitative estimate of drug-likeness (QED) is 0.682. The number of rotatable bonds is 3. The molecule has 0 saturated carbocycles. The summed E-state index contributed by atoms with van der Waals surface area (Å²) in [6.07, 6.45) is 1.69. The minimum absolute atomic E-state index is 0.253. The van der Waals surface area contributed by atoms with Crippen molar-refractivity contribution in [2.45, 2.75) is 0 Å². The smallest absolute Gasteiger partial charge is 0.132 e. The van der Waals surface area contributed by atoms with E-state index >= 15 is 0 Å². The van der Waals surface area contributed by atoms with E-state index in [1.165, 1.54) is 0 Å². The van der Waals surface area contributed by atoms with Crippen LogP contribution in [0.4, 0.5) is 5.69 Å². The molecule has 0 atom stereocenters. The van der Waals surface area contributed by atoms with Gasteiger partial charge in [-0.1, -0.05) is 60.7 Å². The van der Waals surface area contributed by atoms with Crippen LogP contribution in [0.1, 0.15) is 5.56 Å². The first-order valence-electron chi connectivity index (χ1n) is 6.81. The molecule has 3 rings (SSSR count). The number of aromatic hydroxyl groups is 1. The molecule has 0 aliphatic rings. The van der Waals surface area contributed by atoms with Gasteiger partial charge in [-0.05, 0) is 23.8 Å². The van der Waals surface area contributed by atoms with Gasteiger partial charge in [0.2, 0.25) is 0 Å². The first kappa shape index (κ1) is 13.1. The lowest BCUT2D eigenvalue weighted by Gasteiger charge is -2.07. The Hall–Kier alpha value is -2.87. The Labute approximate surface area is 124 Å². The standard InChI is InChI=1S/C19H15NO/c21-19-16(14-20-17-11-5-2-6-12-17)10-7-13-18(19)15-8-3-1-4-9-15/h1-14,21H. The van der Waals surface area contributed by atoms with Crippen molar-refractivity contribution < 1.29 is 5.11 Å². The van der Waals surface area contributed by atoms with Crippen LogP contribution in [-0.2, 0) is 0 Å². The average molecular weight is 273 g/mol. The highest BCUT2D eigenvalue weighted by atomic mass is 16.3. The Morgan fingerprint density at radius 1 is 0.714 bits per heavy atom. The van der Waals surface area contributed by atoms with Crippen molar-refractivity contribution in [1.82, 2.24) is 0 Å². The minimum Gasteiger partial charge on any atom is -0.507 e. The first-order valence-corrected chi connectivity index (χ1v) is 6.81. The highest BCUT2D eigenvalue weighted by Gasteiger charge is 2.06. The molecule has 0 aliphatic carbocycles. The Morgan fingerprint density at radius 3 is 2.10 bits per heavy atom. The van der Waals surface area contributed by atoms with E-state index in [4.69, 9.17) is 0 Å². The molecule has 3 aromatic rings. The number of hydrogen-bond donors (Lipinski definition) is 1. The van der Waals surface area contributed by atoms with Gasteiger partial charge in [0.1, 0.15) is 5.75 Å². The Kier molecular flexibility index (Phi) is 3.79. The predicted octanol–water partition coefficient (Wildman–Crippen LogP) is 4.81. The molecular weight excluding hydrogens is 258 g/mol. The third-order valence-corrected chi connectivity index (χ3v) is 3.26. The SMILES string of the molecule is Oc1c(C=Nc2ccccc2)cccc1-c1ccccc1. The molecular formula is C19H15NO. The van der Waals surface area contributed by atoms with Crippen LogP contribution in [0.3, 0.4) is 0 Å². The number of aliphatic imine (C=N–C) groups is 1. The van der Waals surface area contributed by atoms with Crippen LogP contribution in [0.5, 0.6) is 5.75 Å². The molecule has 0 amide bonds. The largest absolute Gasteiger partial charge is 0.507 e. The van der Waals surface area contributed by atoms with Crippen molar-refractivity contribution >= 4 is 11.9 Å². The van der Waals surface area contributed by atoms with Crippen LogP contribution in [0.25, 0.3) is 11.1 Å². The number of phenols is 1. The number of phenolic OH excluding ortho intramolecular Hbond substituents is 1.